The van der Waals surface area contributed by atoms with Gasteiger partial charge in [-0.15, -0.1) is 0 Å². The fourth-order valence-electron chi connectivity index (χ4n) is 2.42. The van der Waals surface area contributed by atoms with Crippen LogP contribution in [0.15, 0.2) is 30.3 Å². The lowest BCUT2D eigenvalue weighted by Gasteiger charge is -2.16. The number of para-hydroxylation sites is 1. The van der Waals surface area contributed by atoms with Gasteiger partial charge in [-0.3, -0.25) is 4.79 Å². The largest absolute Gasteiger partial charge is 0.493 e. The van der Waals surface area contributed by atoms with Gasteiger partial charge in [0.2, 0.25) is 5.75 Å². The molecule has 0 radical (unpaired) electrons. The minimum absolute atomic E-state index is 0.343. The van der Waals surface area contributed by atoms with Crippen molar-refractivity contribution in [1.82, 2.24) is 0 Å². The molecule has 2 aromatic rings. The summed E-state index contributed by atoms with van der Waals surface area (Å²) < 4.78 is 26.4. The first kappa shape index (κ1) is 18.3. The molecule has 0 heterocycles. The van der Waals surface area contributed by atoms with Crippen LogP contribution in [0.4, 0.5) is 5.69 Å². The zero-order valence-electron chi connectivity index (χ0n) is 14.8. The smallest absolute Gasteiger partial charge is 0.259 e. The van der Waals surface area contributed by atoms with Gasteiger partial charge < -0.3 is 29.0 Å². The Morgan fingerprint density at radius 2 is 1.32 bits per heavy atom. The van der Waals surface area contributed by atoms with Crippen LogP contribution in [-0.4, -0.2) is 41.5 Å². The van der Waals surface area contributed by atoms with Crippen LogP contribution in [0.5, 0.6) is 28.7 Å². The van der Waals surface area contributed by atoms with Crippen LogP contribution < -0.4 is 29.0 Å². The van der Waals surface area contributed by atoms with Gasteiger partial charge >= 0.3 is 0 Å². The molecular formula is C18H21NO6. The molecule has 2 aromatic carbocycles. The van der Waals surface area contributed by atoms with Crippen molar-refractivity contribution in [2.75, 3.05) is 40.9 Å². The van der Waals surface area contributed by atoms with Crippen LogP contribution in [0, 0.1) is 0 Å². The van der Waals surface area contributed by atoms with Gasteiger partial charge in [-0.05, 0) is 12.1 Å². The molecule has 0 aromatic heterocycles. The van der Waals surface area contributed by atoms with Gasteiger partial charge in [0.05, 0.1) is 41.1 Å². The van der Waals surface area contributed by atoms with Crippen LogP contribution in [-0.2, 0) is 0 Å². The van der Waals surface area contributed by atoms with E-state index >= 15 is 0 Å². The van der Waals surface area contributed by atoms with E-state index in [1.807, 2.05) is 0 Å². The van der Waals surface area contributed by atoms with Crippen LogP contribution in [0.1, 0.15) is 10.4 Å². The third-order valence-electron chi connectivity index (χ3n) is 3.57. The van der Waals surface area contributed by atoms with Gasteiger partial charge in [0.15, 0.2) is 23.0 Å². The monoisotopic (exact) mass is 347 g/mol. The van der Waals surface area contributed by atoms with E-state index in [0.29, 0.717) is 40.0 Å². The summed E-state index contributed by atoms with van der Waals surface area (Å²) in [4.78, 5) is 12.7. The molecule has 2 rings (SSSR count). The number of amides is 1. The van der Waals surface area contributed by atoms with Crippen LogP contribution in [0.25, 0.3) is 0 Å². The molecule has 0 aliphatic heterocycles. The van der Waals surface area contributed by atoms with Gasteiger partial charge in [-0.2, -0.15) is 0 Å². The van der Waals surface area contributed by atoms with Crippen LogP contribution in [0.3, 0.4) is 0 Å². The summed E-state index contributed by atoms with van der Waals surface area (Å²) in [6, 6.07) is 8.37. The van der Waals surface area contributed by atoms with Crippen molar-refractivity contribution in [1.29, 1.82) is 0 Å². The standard InChI is InChI=1S/C18H21NO6/c1-21-13-8-6-7-12(16(13)24-4)18(20)19-11-9-14(22-2)17(25-5)15(10-11)23-3/h6-10H,1-5H3,(H,19,20). The molecule has 1 amide bonds. The molecule has 134 valence electrons. The minimum atomic E-state index is -0.356. The second-order valence-corrected chi connectivity index (χ2v) is 4.91. The third kappa shape index (κ3) is 3.71. The average molecular weight is 347 g/mol. The maximum Gasteiger partial charge on any atom is 0.259 e. The molecule has 0 aliphatic rings. The number of hydrogen-bond acceptors (Lipinski definition) is 6. The van der Waals surface area contributed by atoms with Crippen molar-refractivity contribution in [2.24, 2.45) is 0 Å². The highest BCUT2D eigenvalue weighted by molar-refractivity contribution is 6.07. The lowest BCUT2D eigenvalue weighted by atomic mass is 10.1. The summed E-state index contributed by atoms with van der Waals surface area (Å²) in [5, 5.41) is 2.79. The summed E-state index contributed by atoms with van der Waals surface area (Å²) in [6.07, 6.45) is 0. The Labute approximate surface area is 146 Å². The number of nitrogens with one attached hydrogen (secondary N) is 1. The van der Waals surface area contributed by atoms with E-state index in [-0.39, 0.29) is 5.91 Å². The SMILES string of the molecule is COc1cc(NC(=O)c2cccc(OC)c2OC)cc(OC)c1OC. The molecule has 25 heavy (non-hydrogen) atoms. The van der Waals surface area contributed by atoms with E-state index in [0.717, 1.165) is 0 Å². The number of rotatable bonds is 7. The van der Waals surface area contributed by atoms with E-state index in [2.05, 4.69) is 5.32 Å². The van der Waals surface area contributed by atoms with E-state index in [1.54, 1.807) is 30.3 Å². The van der Waals surface area contributed by atoms with Crippen molar-refractivity contribution in [2.45, 2.75) is 0 Å². The normalized spacial score (nSPS) is 9.96. The Morgan fingerprint density at radius 3 is 1.80 bits per heavy atom. The summed E-state index contributed by atoms with van der Waals surface area (Å²) in [5.41, 5.74) is 0.833. The van der Waals surface area contributed by atoms with Gasteiger partial charge in [-0.1, -0.05) is 6.07 Å². The lowest BCUT2D eigenvalue weighted by molar-refractivity contribution is 0.102. The van der Waals surface area contributed by atoms with E-state index in [9.17, 15) is 4.79 Å². The molecule has 0 fully saturated rings. The molecule has 0 saturated carbocycles. The Balaban J connectivity index is 2.39. The number of benzene rings is 2. The zero-order chi connectivity index (χ0) is 18.4. The lowest BCUT2D eigenvalue weighted by Crippen LogP contribution is -2.14. The predicted molar refractivity (Wildman–Crippen MR) is 93.6 cm³/mol. The molecule has 0 unspecified atom stereocenters. The Bertz CT molecular complexity index is 734. The molecule has 0 saturated heterocycles. The van der Waals surface area contributed by atoms with E-state index < -0.39 is 0 Å². The van der Waals surface area contributed by atoms with E-state index in [1.165, 1.54) is 35.5 Å². The van der Waals surface area contributed by atoms with Crippen molar-refractivity contribution in [3.63, 3.8) is 0 Å². The first-order chi connectivity index (χ1) is 12.1. The zero-order valence-corrected chi connectivity index (χ0v) is 14.8. The molecule has 0 bridgehead atoms. The number of methoxy groups -OCH3 is 5. The second kappa shape index (κ2) is 8.14. The third-order valence-corrected chi connectivity index (χ3v) is 3.57. The fraction of sp³-hybridized carbons (Fsp3) is 0.278. The highest BCUT2D eigenvalue weighted by Crippen LogP contribution is 2.40. The predicted octanol–water partition coefficient (Wildman–Crippen LogP) is 2.98. The summed E-state index contributed by atoms with van der Waals surface area (Å²) in [5.74, 6) is 1.80. The maximum atomic E-state index is 12.7. The van der Waals surface area contributed by atoms with Gasteiger partial charge in [-0.25, -0.2) is 0 Å². The van der Waals surface area contributed by atoms with Gasteiger partial charge in [0, 0.05) is 17.8 Å². The molecule has 0 spiro atoms. The molecule has 0 atom stereocenters. The summed E-state index contributed by atoms with van der Waals surface area (Å²) >= 11 is 0. The first-order valence-electron chi connectivity index (χ1n) is 7.41. The summed E-state index contributed by atoms with van der Waals surface area (Å²) in [7, 11) is 7.52. The van der Waals surface area contributed by atoms with Crippen molar-refractivity contribution in [3.8, 4) is 28.7 Å². The molecule has 7 heteroatoms. The number of anilines is 1. The van der Waals surface area contributed by atoms with Crippen LogP contribution in [0.2, 0.25) is 0 Å². The highest BCUT2D eigenvalue weighted by Gasteiger charge is 2.19. The molecule has 1 N–H and O–H groups in total. The quantitative estimate of drug-likeness (QED) is 0.830. The van der Waals surface area contributed by atoms with Gasteiger partial charge in [0.1, 0.15) is 0 Å². The van der Waals surface area contributed by atoms with E-state index in [4.69, 9.17) is 23.7 Å². The minimum Gasteiger partial charge on any atom is -0.493 e. The second-order valence-electron chi connectivity index (χ2n) is 4.91. The van der Waals surface area contributed by atoms with Crippen molar-refractivity contribution >= 4 is 11.6 Å². The molecule has 0 aliphatic carbocycles. The Morgan fingerprint density at radius 1 is 0.760 bits per heavy atom. The first-order valence-corrected chi connectivity index (χ1v) is 7.41. The molecular weight excluding hydrogens is 326 g/mol. The highest BCUT2D eigenvalue weighted by atomic mass is 16.5. The number of ether oxygens (including phenoxy) is 5. The topological polar surface area (TPSA) is 75.3 Å². The maximum absolute atomic E-state index is 12.7. The Kier molecular flexibility index (Phi) is 5.94. The number of hydrogen-bond donors (Lipinski definition) is 1. The van der Waals surface area contributed by atoms with Gasteiger partial charge in [0.25, 0.3) is 5.91 Å². The number of carbonyl (C=O) groups is 1. The van der Waals surface area contributed by atoms with Crippen molar-refractivity contribution in [3.05, 3.63) is 35.9 Å². The molecule has 7 nitrogen and oxygen atoms in total. The fourth-order valence-corrected chi connectivity index (χ4v) is 2.42. The Hall–Kier alpha value is -3.09. The average Bonchev–Trinajstić information content (AvgIpc) is 2.65. The van der Waals surface area contributed by atoms with Crippen molar-refractivity contribution < 1.29 is 28.5 Å². The number of carbonyl (C=O) groups excluding carboxylic acids is 1. The summed E-state index contributed by atoms with van der Waals surface area (Å²) in [6.45, 7) is 0. The van der Waals surface area contributed by atoms with Crippen LogP contribution >= 0.6 is 0 Å².